The highest BCUT2D eigenvalue weighted by Gasteiger charge is 2.24. The molecule has 0 radical (unpaired) electrons. The summed E-state index contributed by atoms with van der Waals surface area (Å²) in [5, 5.41) is 6.09. The molecule has 7 heteroatoms. The number of hydrogen-bond donors (Lipinski definition) is 2. The predicted octanol–water partition coefficient (Wildman–Crippen LogP) is 1.06. The summed E-state index contributed by atoms with van der Waals surface area (Å²) in [4.78, 5) is 14.0. The van der Waals surface area contributed by atoms with E-state index in [-0.39, 0.29) is 30.7 Å². The first kappa shape index (κ1) is 22.2. The van der Waals surface area contributed by atoms with Crippen LogP contribution >= 0.6 is 24.8 Å². The Hall–Kier alpha value is -0.0700. The van der Waals surface area contributed by atoms with Gasteiger partial charge in [0.05, 0.1) is 6.61 Å². The van der Waals surface area contributed by atoms with Crippen molar-refractivity contribution in [2.24, 2.45) is 0 Å². The summed E-state index contributed by atoms with van der Waals surface area (Å²) in [6.45, 7) is 4.55. The topological polar surface area (TPSA) is 53.6 Å². The van der Waals surface area contributed by atoms with Crippen molar-refractivity contribution in [3.05, 3.63) is 0 Å². The van der Waals surface area contributed by atoms with E-state index in [1.165, 1.54) is 12.8 Å². The smallest absolute Gasteiger partial charge is 0.220 e. The Morgan fingerprint density at radius 3 is 2.80 bits per heavy atom. The van der Waals surface area contributed by atoms with Gasteiger partial charge in [-0.25, -0.2) is 0 Å². The van der Waals surface area contributed by atoms with Crippen LogP contribution in [0.4, 0.5) is 0 Å². The lowest BCUT2D eigenvalue weighted by Gasteiger charge is -2.24. The number of nitrogens with one attached hydrogen (secondary N) is 2. The SMILES string of the molecule is CNCCCC(=O)NCC1CCCN1CCOC.Cl.Cl. The Morgan fingerprint density at radius 1 is 1.40 bits per heavy atom. The molecule has 1 heterocycles. The molecule has 1 saturated heterocycles. The zero-order chi connectivity index (χ0) is 13.2. The molecule has 1 unspecified atom stereocenters. The summed E-state index contributed by atoms with van der Waals surface area (Å²) in [7, 11) is 3.64. The monoisotopic (exact) mass is 329 g/mol. The Morgan fingerprint density at radius 2 is 2.15 bits per heavy atom. The van der Waals surface area contributed by atoms with E-state index in [1.54, 1.807) is 7.11 Å². The van der Waals surface area contributed by atoms with Crippen molar-refractivity contribution in [1.82, 2.24) is 15.5 Å². The lowest BCUT2D eigenvalue weighted by atomic mass is 10.2. The highest BCUT2D eigenvalue weighted by molar-refractivity contribution is 5.85. The van der Waals surface area contributed by atoms with Crippen molar-refractivity contribution >= 4 is 30.7 Å². The molecule has 0 aromatic rings. The number of amides is 1. The van der Waals surface area contributed by atoms with Gasteiger partial charge >= 0.3 is 0 Å². The van der Waals surface area contributed by atoms with Gasteiger partial charge in [0.2, 0.25) is 5.91 Å². The molecule has 5 nitrogen and oxygen atoms in total. The number of carbonyl (C=O) groups is 1. The molecule has 0 spiro atoms. The van der Waals surface area contributed by atoms with Crippen LogP contribution in [0.2, 0.25) is 0 Å². The van der Waals surface area contributed by atoms with E-state index in [1.807, 2.05) is 7.05 Å². The first-order valence-corrected chi connectivity index (χ1v) is 6.92. The van der Waals surface area contributed by atoms with Crippen molar-refractivity contribution < 1.29 is 9.53 Å². The van der Waals surface area contributed by atoms with Gasteiger partial charge < -0.3 is 15.4 Å². The molecular weight excluding hydrogens is 301 g/mol. The summed E-state index contributed by atoms with van der Waals surface area (Å²) < 4.78 is 5.11. The van der Waals surface area contributed by atoms with Crippen LogP contribution in [-0.2, 0) is 9.53 Å². The second-order valence-electron chi connectivity index (χ2n) is 4.84. The van der Waals surface area contributed by atoms with Crippen molar-refractivity contribution in [2.75, 3.05) is 46.9 Å². The van der Waals surface area contributed by atoms with E-state index in [4.69, 9.17) is 4.74 Å². The van der Waals surface area contributed by atoms with Crippen LogP contribution in [0.15, 0.2) is 0 Å². The maximum absolute atomic E-state index is 11.6. The Balaban J connectivity index is 0. The molecule has 1 atom stereocenters. The molecule has 0 saturated carbocycles. The average Bonchev–Trinajstić information content (AvgIpc) is 2.81. The van der Waals surface area contributed by atoms with Crippen LogP contribution in [0, 0.1) is 0 Å². The van der Waals surface area contributed by atoms with E-state index < -0.39 is 0 Å². The molecule has 1 rings (SSSR count). The van der Waals surface area contributed by atoms with E-state index in [0.29, 0.717) is 12.5 Å². The van der Waals surface area contributed by atoms with Crippen molar-refractivity contribution in [2.45, 2.75) is 31.7 Å². The maximum Gasteiger partial charge on any atom is 0.220 e. The summed E-state index contributed by atoms with van der Waals surface area (Å²) in [6.07, 6.45) is 3.93. The number of halogens is 2. The van der Waals surface area contributed by atoms with Gasteiger partial charge in [-0.05, 0) is 39.4 Å². The number of carbonyl (C=O) groups excluding carboxylic acids is 1. The van der Waals surface area contributed by atoms with Crippen LogP contribution < -0.4 is 10.6 Å². The fraction of sp³-hybridized carbons (Fsp3) is 0.923. The number of hydrogen-bond acceptors (Lipinski definition) is 4. The number of methoxy groups -OCH3 is 1. The minimum Gasteiger partial charge on any atom is -0.383 e. The second kappa shape index (κ2) is 13.9. The number of rotatable bonds is 9. The van der Waals surface area contributed by atoms with Crippen LogP contribution in [0.1, 0.15) is 25.7 Å². The Labute approximate surface area is 135 Å². The standard InChI is InChI=1S/C13H27N3O2.2ClH/c1-14-7-3-6-13(17)15-11-12-5-4-8-16(12)9-10-18-2;;/h12,14H,3-11H2,1-2H3,(H,15,17);2*1H. The normalized spacial score (nSPS) is 18.2. The molecule has 0 bridgehead atoms. The molecule has 1 aliphatic heterocycles. The van der Waals surface area contributed by atoms with Gasteiger partial charge in [0, 0.05) is 32.7 Å². The van der Waals surface area contributed by atoms with Crippen LogP contribution in [0.3, 0.4) is 0 Å². The molecule has 1 aliphatic rings. The lowest BCUT2D eigenvalue weighted by molar-refractivity contribution is -0.121. The third-order valence-corrected chi connectivity index (χ3v) is 3.45. The fourth-order valence-electron chi connectivity index (χ4n) is 2.37. The second-order valence-corrected chi connectivity index (χ2v) is 4.84. The van der Waals surface area contributed by atoms with Gasteiger partial charge in [-0.15, -0.1) is 24.8 Å². The quantitative estimate of drug-likeness (QED) is 0.621. The molecule has 2 N–H and O–H groups in total. The van der Waals surface area contributed by atoms with Crippen molar-refractivity contribution in [3.63, 3.8) is 0 Å². The highest BCUT2D eigenvalue weighted by atomic mass is 35.5. The summed E-state index contributed by atoms with van der Waals surface area (Å²) in [5.74, 6) is 0.170. The van der Waals surface area contributed by atoms with Crippen molar-refractivity contribution in [1.29, 1.82) is 0 Å². The average molecular weight is 330 g/mol. The van der Waals surface area contributed by atoms with E-state index in [9.17, 15) is 4.79 Å². The van der Waals surface area contributed by atoms with Crippen LogP contribution in [0.25, 0.3) is 0 Å². The minimum atomic E-state index is 0. The Bertz CT molecular complexity index is 246. The predicted molar refractivity (Wildman–Crippen MR) is 87.1 cm³/mol. The Kier molecular flexibility index (Phi) is 15.4. The van der Waals surface area contributed by atoms with Gasteiger partial charge in [-0.3, -0.25) is 9.69 Å². The molecule has 1 amide bonds. The third kappa shape index (κ3) is 8.97. The zero-order valence-electron chi connectivity index (χ0n) is 12.5. The zero-order valence-corrected chi connectivity index (χ0v) is 14.2. The first-order valence-electron chi connectivity index (χ1n) is 6.92. The van der Waals surface area contributed by atoms with E-state index >= 15 is 0 Å². The number of ether oxygens (including phenoxy) is 1. The van der Waals surface area contributed by atoms with Crippen LogP contribution in [0.5, 0.6) is 0 Å². The maximum atomic E-state index is 11.6. The molecular formula is C13H29Cl2N3O2. The molecule has 20 heavy (non-hydrogen) atoms. The largest absolute Gasteiger partial charge is 0.383 e. The molecule has 0 aromatic carbocycles. The molecule has 122 valence electrons. The highest BCUT2D eigenvalue weighted by Crippen LogP contribution is 2.15. The van der Waals surface area contributed by atoms with E-state index in [2.05, 4.69) is 15.5 Å². The van der Waals surface area contributed by atoms with Gasteiger partial charge in [0.25, 0.3) is 0 Å². The van der Waals surface area contributed by atoms with Gasteiger partial charge in [-0.1, -0.05) is 0 Å². The van der Waals surface area contributed by atoms with Gasteiger partial charge in [-0.2, -0.15) is 0 Å². The summed E-state index contributed by atoms with van der Waals surface area (Å²) >= 11 is 0. The molecule has 1 fully saturated rings. The van der Waals surface area contributed by atoms with E-state index in [0.717, 1.165) is 39.2 Å². The summed E-state index contributed by atoms with van der Waals surface area (Å²) in [5.41, 5.74) is 0. The lowest BCUT2D eigenvalue weighted by Crippen LogP contribution is -2.41. The minimum absolute atomic E-state index is 0. The molecule has 0 aromatic heterocycles. The third-order valence-electron chi connectivity index (χ3n) is 3.45. The molecule has 0 aliphatic carbocycles. The fourth-order valence-corrected chi connectivity index (χ4v) is 2.37. The first-order chi connectivity index (χ1) is 8.77. The van der Waals surface area contributed by atoms with Crippen molar-refractivity contribution in [3.8, 4) is 0 Å². The summed E-state index contributed by atoms with van der Waals surface area (Å²) in [6, 6.07) is 0.494. The number of nitrogens with zero attached hydrogens (tertiary/aromatic N) is 1. The van der Waals surface area contributed by atoms with Crippen LogP contribution in [-0.4, -0.2) is 63.8 Å². The number of likely N-dealkylation sites (tertiary alicyclic amines) is 1. The van der Waals surface area contributed by atoms with Gasteiger partial charge in [0.1, 0.15) is 0 Å². The van der Waals surface area contributed by atoms with Gasteiger partial charge in [0.15, 0.2) is 0 Å².